The van der Waals surface area contributed by atoms with Crippen molar-refractivity contribution in [2.45, 2.75) is 63.6 Å². The number of fused-ring (bicyclic) bond motifs is 1. The maximum Gasteiger partial charge on any atom is 0.407 e. The first kappa shape index (κ1) is 18.0. The van der Waals surface area contributed by atoms with Gasteiger partial charge in [0.05, 0.1) is 0 Å². The van der Waals surface area contributed by atoms with Gasteiger partial charge in [-0.05, 0) is 58.3 Å². The Hall–Kier alpha value is -1.83. The van der Waals surface area contributed by atoms with Crippen LogP contribution in [0.1, 0.15) is 46.5 Å². The average molecular weight is 353 g/mol. The summed E-state index contributed by atoms with van der Waals surface area (Å²) in [5.41, 5.74) is -1.56. The lowest BCUT2D eigenvalue weighted by molar-refractivity contribution is -0.126. The summed E-state index contributed by atoms with van der Waals surface area (Å²) in [6.07, 6.45) is 2.33. The van der Waals surface area contributed by atoms with E-state index in [4.69, 9.17) is 4.74 Å². The van der Waals surface area contributed by atoms with E-state index >= 15 is 0 Å². The summed E-state index contributed by atoms with van der Waals surface area (Å²) in [7, 11) is 0. The Morgan fingerprint density at radius 3 is 2.64 bits per heavy atom. The molecule has 140 valence electrons. The monoisotopic (exact) mass is 353 g/mol. The van der Waals surface area contributed by atoms with Crippen LogP contribution in [-0.2, 0) is 9.53 Å². The van der Waals surface area contributed by atoms with Gasteiger partial charge >= 0.3 is 12.1 Å². The molecule has 0 aromatic heterocycles. The molecule has 0 radical (unpaired) electrons. The number of rotatable bonds is 2. The number of hydrogen-bond donors (Lipinski definition) is 4. The molecule has 25 heavy (non-hydrogen) atoms. The molecule has 3 fully saturated rings. The van der Waals surface area contributed by atoms with E-state index in [0.717, 1.165) is 12.8 Å². The highest BCUT2D eigenvalue weighted by Gasteiger charge is 2.61. The third-order valence-electron chi connectivity index (χ3n) is 5.66. The van der Waals surface area contributed by atoms with Gasteiger partial charge in [-0.25, -0.2) is 9.59 Å². The number of hydrogen-bond acceptors (Lipinski definition) is 5. The first-order chi connectivity index (χ1) is 11.6. The maximum atomic E-state index is 12.3. The molecule has 1 saturated heterocycles. The van der Waals surface area contributed by atoms with Gasteiger partial charge in [0.15, 0.2) is 0 Å². The lowest BCUT2D eigenvalue weighted by atomic mass is 9.75. The molecule has 8 nitrogen and oxygen atoms in total. The number of carbonyl (C=O) groups excluding carboxylic acids is 3. The van der Waals surface area contributed by atoms with E-state index in [0.29, 0.717) is 12.8 Å². The predicted octanol–water partition coefficient (Wildman–Crippen LogP) is 0.886. The number of amides is 4. The van der Waals surface area contributed by atoms with Gasteiger partial charge in [-0.2, -0.15) is 0 Å². The Morgan fingerprint density at radius 1 is 1.36 bits per heavy atom. The number of ether oxygens (including phenoxy) is 1. The molecule has 2 aliphatic carbocycles. The van der Waals surface area contributed by atoms with Crippen molar-refractivity contribution in [3.05, 3.63) is 0 Å². The third-order valence-corrected chi connectivity index (χ3v) is 5.66. The van der Waals surface area contributed by atoms with E-state index in [1.807, 2.05) is 20.8 Å². The van der Waals surface area contributed by atoms with Crippen molar-refractivity contribution in [2.75, 3.05) is 6.61 Å². The third kappa shape index (κ3) is 3.31. The number of imide groups is 1. The van der Waals surface area contributed by atoms with Crippen LogP contribution in [0.5, 0.6) is 0 Å². The predicted molar refractivity (Wildman–Crippen MR) is 88.6 cm³/mol. The maximum absolute atomic E-state index is 12.3. The number of carbonyl (C=O) groups is 3. The van der Waals surface area contributed by atoms with Crippen LogP contribution in [0.25, 0.3) is 0 Å². The Labute approximate surface area is 147 Å². The molecule has 1 spiro atoms. The van der Waals surface area contributed by atoms with Gasteiger partial charge in [0.25, 0.3) is 5.91 Å². The minimum Gasteiger partial charge on any atom is -0.444 e. The smallest absolute Gasteiger partial charge is 0.407 e. The van der Waals surface area contributed by atoms with Gasteiger partial charge in [0, 0.05) is 18.6 Å². The fourth-order valence-corrected chi connectivity index (χ4v) is 4.79. The van der Waals surface area contributed by atoms with Gasteiger partial charge in [-0.1, -0.05) is 0 Å². The van der Waals surface area contributed by atoms with E-state index in [2.05, 4.69) is 16.0 Å². The Morgan fingerprint density at radius 2 is 2.08 bits per heavy atom. The van der Waals surface area contributed by atoms with E-state index in [9.17, 15) is 19.5 Å². The van der Waals surface area contributed by atoms with Crippen molar-refractivity contribution in [2.24, 2.45) is 17.8 Å². The molecule has 0 aromatic carbocycles. The van der Waals surface area contributed by atoms with Crippen LogP contribution in [0, 0.1) is 17.8 Å². The summed E-state index contributed by atoms with van der Waals surface area (Å²) in [6, 6.07) is -0.517. The van der Waals surface area contributed by atoms with Gasteiger partial charge < -0.3 is 20.5 Å². The molecule has 3 aliphatic rings. The molecule has 4 amide bonds. The Kier molecular flexibility index (Phi) is 4.43. The van der Waals surface area contributed by atoms with Crippen molar-refractivity contribution in [3.8, 4) is 0 Å². The van der Waals surface area contributed by atoms with E-state index < -0.39 is 23.3 Å². The summed E-state index contributed by atoms with van der Waals surface area (Å²) in [5.74, 6) is -0.310. The van der Waals surface area contributed by atoms with Crippen molar-refractivity contribution in [1.82, 2.24) is 16.0 Å². The first-order valence-corrected chi connectivity index (χ1v) is 8.88. The van der Waals surface area contributed by atoms with Crippen LogP contribution in [0.2, 0.25) is 0 Å². The highest BCUT2D eigenvalue weighted by molar-refractivity contribution is 6.07. The second-order valence-corrected chi connectivity index (χ2v) is 8.45. The molecule has 2 unspecified atom stereocenters. The zero-order valence-electron chi connectivity index (χ0n) is 14.9. The van der Waals surface area contributed by atoms with E-state index in [1.54, 1.807) is 0 Å². The fraction of sp³-hybridized carbons (Fsp3) is 0.824. The molecular weight excluding hydrogens is 326 g/mol. The molecule has 1 heterocycles. The first-order valence-electron chi connectivity index (χ1n) is 8.88. The number of nitrogens with one attached hydrogen (secondary N) is 3. The standard InChI is InChI=1S/C17H27N3O5/c1-16(2,3)25-15(24)18-10-4-5-11-9(6-10)7-17(12(11)8-21)13(22)19-14(23)20-17/h9-12,21H,4-8H2,1-3H3,(H,18,24)(H2,19,20,22,23)/t9-,10?,11+,12-,17?/m0/s1. The second kappa shape index (κ2) is 6.16. The zero-order chi connectivity index (χ0) is 18.4. The number of aliphatic hydroxyl groups is 1. The van der Waals surface area contributed by atoms with Crippen LogP contribution in [0.15, 0.2) is 0 Å². The van der Waals surface area contributed by atoms with E-state index in [1.165, 1.54) is 0 Å². The lowest BCUT2D eigenvalue weighted by Gasteiger charge is -2.35. The highest BCUT2D eigenvalue weighted by Crippen LogP contribution is 2.51. The number of aliphatic hydroxyl groups excluding tert-OH is 1. The molecular formula is C17H27N3O5. The van der Waals surface area contributed by atoms with Gasteiger partial charge in [0.2, 0.25) is 0 Å². The molecule has 2 saturated carbocycles. The zero-order valence-corrected chi connectivity index (χ0v) is 14.9. The Balaban J connectivity index is 1.67. The van der Waals surface area contributed by atoms with Crippen LogP contribution in [0.4, 0.5) is 9.59 Å². The molecule has 1 aliphatic heterocycles. The normalized spacial score (nSPS) is 37.4. The van der Waals surface area contributed by atoms with Gasteiger partial charge in [-0.3, -0.25) is 10.1 Å². The Bertz CT molecular complexity index is 587. The molecule has 3 rings (SSSR count). The fourth-order valence-electron chi connectivity index (χ4n) is 4.79. The highest BCUT2D eigenvalue weighted by atomic mass is 16.6. The van der Waals surface area contributed by atoms with Crippen LogP contribution in [-0.4, -0.2) is 46.9 Å². The molecule has 0 aromatic rings. The molecule has 8 heteroatoms. The summed E-state index contributed by atoms with van der Waals surface area (Å²) in [6.45, 7) is 5.31. The SMILES string of the molecule is CC(C)(C)OC(=O)NC1CC[C@@H]2[C@@H](C1)CC1(NC(=O)NC1=O)[C@H]2CO. The number of urea groups is 1. The minimum atomic E-state index is -1.01. The summed E-state index contributed by atoms with van der Waals surface area (Å²) in [5, 5.41) is 17.8. The summed E-state index contributed by atoms with van der Waals surface area (Å²) in [4.78, 5) is 36.0. The molecule has 5 atom stereocenters. The second-order valence-electron chi connectivity index (χ2n) is 8.45. The van der Waals surface area contributed by atoms with Gasteiger partial charge in [0.1, 0.15) is 11.1 Å². The van der Waals surface area contributed by atoms with E-state index in [-0.39, 0.29) is 36.3 Å². The van der Waals surface area contributed by atoms with Crippen LogP contribution < -0.4 is 16.0 Å². The molecule has 4 N–H and O–H groups in total. The average Bonchev–Trinajstić information content (AvgIpc) is 2.92. The topological polar surface area (TPSA) is 117 Å². The number of alkyl carbamates (subject to hydrolysis) is 1. The largest absolute Gasteiger partial charge is 0.444 e. The van der Waals surface area contributed by atoms with Crippen molar-refractivity contribution in [1.29, 1.82) is 0 Å². The van der Waals surface area contributed by atoms with Crippen molar-refractivity contribution in [3.63, 3.8) is 0 Å². The minimum absolute atomic E-state index is 0.0224. The van der Waals surface area contributed by atoms with Crippen LogP contribution in [0.3, 0.4) is 0 Å². The van der Waals surface area contributed by atoms with Gasteiger partial charge in [-0.15, -0.1) is 0 Å². The van der Waals surface area contributed by atoms with Crippen molar-refractivity contribution >= 4 is 18.0 Å². The van der Waals surface area contributed by atoms with Crippen LogP contribution >= 0.6 is 0 Å². The lowest BCUT2D eigenvalue weighted by Crippen LogP contribution is -2.52. The summed E-state index contributed by atoms with van der Waals surface area (Å²) >= 11 is 0. The summed E-state index contributed by atoms with van der Waals surface area (Å²) < 4.78 is 5.31. The quantitative estimate of drug-likeness (QED) is 0.550. The van der Waals surface area contributed by atoms with Crippen molar-refractivity contribution < 1.29 is 24.2 Å². The molecule has 0 bridgehead atoms.